The Morgan fingerprint density at radius 3 is 2.59 bits per heavy atom. The van der Waals surface area contributed by atoms with E-state index in [0.717, 1.165) is 12.0 Å². The van der Waals surface area contributed by atoms with Gasteiger partial charge in [0.25, 0.3) is 0 Å². The predicted octanol–water partition coefficient (Wildman–Crippen LogP) is 5.84. The minimum atomic E-state index is -0.737. The van der Waals surface area contributed by atoms with E-state index in [1.54, 1.807) is 0 Å². The van der Waals surface area contributed by atoms with Gasteiger partial charge in [0.1, 0.15) is 0 Å². The Bertz CT molecular complexity index is 974. The van der Waals surface area contributed by atoms with E-state index in [9.17, 15) is 4.79 Å². The third-order valence-electron chi connectivity index (χ3n) is 6.29. The Labute approximate surface area is 172 Å². The summed E-state index contributed by atoms with van der Waals surface area (Å²) in [5.41, 5.74) is 3.86. The van der Waals surface area contributed by atoms with Crippen LogP contribution in [0.4, 0.5) is 0 Å². The molecule has 4 rings (SSSR count). The Balaban J connectivity index is 1.38. The molecule has 0 radical (unpaired) electrons. The highest BCUT2D eigenvalue weighted by Crippen LogP contribution is 2.36. The van der Waals surface area contributed by atoms with Crippen molar-refractivity contribution >= 4 is 16.7 Å². The summed E-state index contributed by atoms with van der Waals surface area (Å²) in [7, 11) is 0. The molecule has 1 saturated carbocycles. The molecule has 0 saturated heterocycles. The van der Waals surface area contributed by atoms with Gasteiger partial charge < -0.3 is 10.4 Å². The fourth-order valence-corrected chi connectivity index (χ4v) is 4.71. The second kappa shape index (κ2) is 8.79. The minimum absolute atomic E-state index is 0.195. The van der Waals surface area contributed by atoms with Gasteiger partial charge in [0.15, 0.2) is 0 Å². The first-order chi connectivity index (χ1) is 14.1. The molecule has 3 atom stereocenters. The summed E-state index contributed by atoms with van der Waals surface area (Å²) in [5, 5.41) is 15.3. The molecule has 1 aliphatic carbocycles. The predicted molar refractivity (Wildman–Crippen MR) is 118 cm³/mol. The van der Waals surface area contributed by atoms with E-state index in [1.165, 1.54) is 34.7 Å². The van der Waals surface area contributed by atoms with Crippen LogP contribution in [0.3, 0.4) is 0 Å². The Morgan fingerprint density at radius 2 is 1.79 bits per heavy atom. The third kappa shape index (κ3) is 4.68. The van der Waals surface area contributed by atoms with Crippen LogP contribution in [0.1, 0.15) is 61.3 Å². The fraction of sp³-hybridized carbons (Fsp3) is 0.346. The molecule has 3 aromatic carbocycles. The van der Waals surface area contributed by atoms with Crippen molar-refractivity contribution < 1.29 is 9.90 Å². The van der Waals surface area contributed by atoms with Crippen LogP contribution < -0.4 is 5.32 Å². The van der Waals surface area contributed by atoms with E-state index in [1.807, 2.05) is 0 Å². The number of carbonyl (C=O) groups is 1. The van der Waals surface area contributed by atoms with Crippen LogP contribution in [0.5, 0.6) is 0 Å². The van der Waals surface area contributed by atoms with Gasteiger partial charge in [-0.3, -0.25) is 4.79 Å². The first-order valence-electron chi connectivity index (χ1n) is 10.6. The van der Waals surface area contributed by atoms with Gasteiger partial charge >= 0.3 is 5.97 Å². The summed E-state index contributed by atoms with van der Waals surface area (Å²) in [5.74, 6) is -0.153. The van der Waals surface area contributed by atoms with E-state index in [4.69, 9.17) is 5.11 Å². The molecule has 3 aromatic rings. The zero-order valence-electron chi connectivity index (χ0n) is 17.0. The number of nitrogens with one attached hydrogen (secondary N) is 1. The topological polar surface area (TPSA) is 49.3 Å². The van der Waals surface area contributed by atoms with Crippen molar-refractivity contribution in [1.82, 2.24) is 5.32 Å². The van der Waals surface area contributed by atoms with Crippen molar-refractivity contribution in [2.45, 2.75) is 57.0 Å². The minimum Gasteiger partial charge on any atom is -0.481 e. The highest BCUT2D eigenvalue weighted by atomic mass is 16.4. The molecular weight excluding hydrogens is 358 g/mol. The number of benzene rings is 3. The number of carboxylic acid groups (broad SMARTS) is 1. The maximum atomic E-state index is 10.7. The van der Waals surface area contributed by atoms with Gasteiger partial charge in [-0.2, -0.15) is 0 Å². The molecular formula is C26H29NO2. The maximum absolute atomic E-state index is 10.7. The molecule has 0 bridgehead atoms. The van der Waals surface area contributed by atoms with Crippen LogP contribution in [0.15, 0.2) is 66.7 Å². The maximum Gasteiger partial charge on any atom is 0.303 e. The van der Waals surface area contributed by atoms with Gasteiger partial charge in [0.2, 0.25) is 0 Å². The van der Waals surface area contributed by atoms with E-state index in [-0.39, 0.29) is 6.42 Å². The first-order valence-corrected chi connectivity index (χ1v) is 10.6. The molecule has 0 aliphatic heterocycles. The number of fused-ring (bicyclic) bond motifs is 1. The summed E-state index contributed by atoms with van der Waals surface area (Å²) in [6, 6.07) is 24.6. The highest BCUT2D eigenvalue weighted by Gasteiger charge is 2.27. The average molecular weight is 388 g/mol. The number of aryl methyl sites for hydroxylation is 1. The molecule has 1 aliphatic rings. The lowest BCUT2D eigenvalue weighted by molar-refractivity contribution is -0.136. The Morgan fingerprint density at radius 1 is 1.03 bits per heavy atom. The fourth-order valence-electron chi connectivity index (χ4n) is 4.71. The third-order valence-corrected chi connectivity index (χ3v) is 6.29. The van der Waals surface area contributed by atoms with Crippen LogP contribution in [0, 0.1) is 0 Å². The molecule has 3 nitrogen and oxygen atoms in total. The lowest BCUT2D eigenvalue weighted by Gasteiger charge is -2.21. The lowest BCUT2D eigenvalue weighted by atomic mass is 9.95. The number of hydrogen-bond acceptors (Lipinski definition) is 2. The zero-order chi connectivity index (χ0) is 20.2. The van der Waals surface area contributed by atoms with Crippen molar-refractivity contribution in [3.05, 3.63) is 83.4 Å². The van der Waals surface area contributed by atoms with Crippen LogP contribution in [-0.2, 0) is 11.2 Å². The Kier molecular flexibility index (Phi) is 5.96. The van der Waals surface area contributed by atoms with Crippen molar-refractivity contribution in [3.8, 4) is 0 Å². The molecule has 2 unspecified atom stereocenters. The molecule has 3 heteroatoms. The van der Waals surface area contributed by atoms with Gasteiger partial charge in [-0.05, 0) is 66.0 Å². The number of hydrogen-bond donors (Lipinski definition) is 2. The van der Waals surface area contributed by atoms with Crippen molar-refractivity contribution in [2.75, 3.05) is 0 Å². The highest BCUT2D eigenvalue weighted by molar-refractivity contribution is 5.86. The summed E-state index contributed by atoms with van der Waals surface area (Å²) < 4.78 is 0. The smallest absolute Gasteiger partial charge is 0.303 e. The Hall–Kier alpha value is -2.65. The molecule has 0 heterocycles. The summed E-state index contributed by atoms with van der Waals surface area (Å²) in [6.07, 6.45) is 4.35. The second-order valence-electron chi connectivity index (χ2n) is 8.30. The van der Waals surface area contributed by atoms with Crippen LogP contribution in [0.25, 0.3) is 10.8 Å². The number of aliphatic carboxylic acids is 1. The van der Waals surface area contributed by atoms with Crippen molar-refractivity contribution in [1.29, 1.82) is 0 Å². The quantitative estimate of drug-likeness (QED) is 0.535. The molecule has 0 aromatic heterocycles. The molecule has 29 heavy (non-hydrogen) atoms. The average Bonchev–Trinajstić information content (AvgIpc) is 3.20. The molecule has 0 spiro atoms. The standard InChI is InChI=1S/C26H29NO2/c1-18(24-8-4-6-21-5-2-3-7-25(21)24)27-23-15-14-22(17-23)20-12-9-19(10-13-20)11-16-26(28)29/h2-10,12-13,18,22-23,27H,11,14-17H2,1H3,(H,28,29)/t18-,22?,23?/m1/s1. The van der Waals surface area contributed by atoms with Gasteiger partial charge in [-0.25, -0.2) is 0 Å². The van der Waals surface area contributed by atoms with Crippen LogP contribution >= 0.6 is 0 Å². The largest absolute Gasteiger partial charge is 0.481 e. The monoisotopic (exact) mass is 387 g/mol. The zero-order valence-corrected chi connectivity index (χ0v) is 17.0. The SMILES string of the molecule is C[C@@H](NC1CCC(c2ccc(CCC(=O)O)cc2)C1)c1cccc2ccccc12. The number of rotatable bonds is 7. The summed E-state index contributed by atoms with van der Waals surface area (Å²) in [4.78, 5) is 10.7. The van der Waals surface area contributed by atoms with Crippen molar-refractivity contribution in [2.24, 2.45) is 0 Å². The van der Waals surface area contributed by atoms with Gasteiger partial charge in [0, 0.05) is 18.5 Å². The lowest BCUT2D eigenvalue weighted by Crippen LogP contribution is -2.29. The van der Waals surface area contributed by atoms with Crippen LogP contribution in [-0.4, -0.2) is 17.1 Å². The van der Waals surface area contributed by atoms with E-state index < -0.39 is 5.97 Å². The number of carboxylic acids is 1. The first kappa shape index (κ1) is 19.7. The summed E-state index contributed by atoms with van der Waals surface area (Å²) in [6.45, 7) is 2.27. The second-order valence-corrected chi connectivity index (χ2v) is 8.30. The van der Waals surface area contributed by atoms with Gasteiger partial charge in [-0.15, -0.1) is 0 Å². The molecule has 1 fully saturated rings. The summed E-state index contributed by atoms with van der Waals surface area (Å²) >= 11 is 0. The van der Waals surface area contributed by atoms with Gasteiger partial charge in [-0.1, -0.05) is 66.7 Å². The van der Waals surface area contributed by atoms with E-state index in [0.29, 0.717) is 24.4 Å². The normalized spacial score (nSPS) is 20.0. The van der Waals surface area contributed by atoms with E-state index >= 15 is 0 Å². The van der Waals surface area contributed by atoms with Crippen LogP contribution in [0.2, 0.25) is 0 Å². The molecule has 150 valence electrons. The molecule has 2 N–H and O–H groups in total. The van der Waals surface area contributed by atoms with Crippen molar-refractivity contribution in [3.63, 3.8) is 0 Å². The molecule has 0 amide bonds. The van der Waals surface area contributed by atoms with Gasteiger partial charge in [0.05, 0.1) is 0 Å². The van der Waals surface area contributed by atoms with E-state index in [2.05, 4.69) is 79.0 Å².